The third-order valence-electron chi connectivity index (χ3n) is 5.82. The van der Waals surface area contributed by atoms with E-state index >= 15 is 0 Å². The molecule has 13 heteroatoms. The molecule has 3 aromatic rings. The highest BCUT2D eigenvalue weighted by atomic mass is 79.9. The van der Waals surface area contributed by atoms with Crippen LogP contribution in [0.15, 0.2) is 64.0 Å². The van der Waals surface area contributed by atoms with Gasteiger partial charge in [0, 0.05) is 22.3 Å². The van der Waals surface area contributed by atoms with Gasteiger partial charge in [-0.3, -0.25) is 29.4 Å². The minimum atomic E-state index is -0.569. The van der Waals surface area contributed by atoms with Crippen molar-refractivity contribution < 1.29 is 28.8 Å². The molecule has 4 rings (SSSR count). The highest BCUT2D eigenvalue weighted by Crippen LogP contribution is 2.40. The molecular formula is C28H23BrClN3O7S. The number of nitro groups is 1. The number of benzene rings is 3. The largest absolute Gasteiger partial charge is 0.490 e. The summed E-state index contributed by atoms with van der Waals surface area (Å²) in [6.07, 6.45) is 1.52. The van der Waals surface area contributed by atoms with E-state index in [-0.39, 0.29) is 35.1 Å². The lowest BCUT2D eigenvalue weighted by atomic mass is 10.1. The van der Waals surface area contributed by atoms with Crippen molar-refractivity contribution in [1.29, 1.82) is 0 Å². The van der Waals surface area contributed by atoms with Crippen molar-refractivity contribution >= 4 is 73.8 Å². The molecule has 1 aliphatic rings. The number of para-hydroxylation sites is 1. The first-order valence-electron chi connectivity index (χ1n) is 12.2. The maximum absolute atomic E-state index is 13.1. The van der Waals surface area contributed by atoms with Crippen LogP contribution in [-0.2, 0) is 16.1 Å². The van der Waals surface area contributed by atoms with Crippen LogP contribution in [0.1, 0.15) is 23.6 Å². The van der Waals surface area contributed by atoms with Crippen LogP contribution in [0, 0.1) is 17.0 Å². The van der Waals surface area contributed by atoms with E-state index in [4.69, 9.17) is 21.1 Å². The number of ether oxygens (including phenoxy) is 2. The van der Waals surface area contributed by atoms with Crippen molar-refractivity contribution in [3.63, 3.8) is 0 Å². The summed E-state index contributed by atoms with van der Waals surface area (Å²) in [6, 6.07) is 14.4. The van der Waals surface area contributed by atoms with Gasteiger partial charge in [0.1, 0.15) is 0 Å². The van der Waals surface area contributed by atoms with Crippen LogP contribution >= 0.6 is 39.3 Å². The van der Waals surface area contributed by atoms with Crippen molar-refractivity contribution in [3.05, 3.63) is 95.8 Å². The zero-order valence-electron chi connectivity index (χ0n) is 21.8. The molecule has 0 unspecified atom stereocenters. The van der Waals surface area contributed by atoms with Crippen molar-refractivity contribution in [1.82, 2.24) is 4.90 Å². The summed E-state index contributed by atoms with van der Waals surface area (Å²) >= 11 is 10.3. The van der Waals surface area contributed by atoms with E-state index in [2.05, 4.69) is 21.2 Å². The van der Waals surface area contributed by atoms with E-state index in [1.54, 1.807) is 43.3 Å². The van der Waals surface area contributed by atoms with Crippen LogP contribution in [0.3, 0.4) is 0 Å². The number of hydrogen-bond acceptors (Lipinski definition) is 8. The number of nitrogens with zero attached hydrogens (tertiary/aromatic N) is 2. The van der Waals surface area contributed by atoms with Crippen LogP contribution in [-0.4, -0.2) is 40.1 Å². The molecule has 0 radical (unpaired) electrons. The minimum Gasteiger partial charge on any atom is -0.490 e. The molecule has 1 N–H and O–H groups in total. The van der Waals surface area contributed by atoms with E-state index in [1.807, 2.05) is 6.92 Å². The number of aryl methyl sites for hydroxylation is 1. The standard InChI is InChI=1S/C28H23BrClN3O7S/c1-3-39-23-11-17(10-20(29)26(23)40-15-25(34)31-19-9-8-16(2)21(30)13-19)12-24-27(35)32(28(36)41-24)14-18-6-4-5-7-22(18)33(37)38/h4-13H,3,14-15H2,1-2H3,(H,31,34)/b24-12-. The van der Waals surface area contributed by atoms with Gasteiger partial charge < -0.3 is 14.8 Å². The van der Waals surface area contributed by atoms with Crippen molar-refractivity contribution in [2.24, 2.45) is 0 Å². The predicted octanol–water partition coefficient (Wildman–Crippen LogP) is 6.97. The smallest absolute Gasteiger partial charge is 0.293 e. The van der Waals surface area contributed by atoms with Crippen LogP contribution in [0.25, 0.3) is 6.08 Å². The number of thioether (sulfide) groups is 1. The number of carbonyl (C=O) groups excluding carboxylic acids is 3. The second-order valence-electron chi connectivity index (χ2n) is 8.72. The molecule has 1 saturated heterocycles. The predicted molar refractivity (Wildman–Crippen MR) is 160 cm³/mol. The Bertz CT molecular complexity index is 1580. The number of anilines is 1. The number of hydrogen-bond donors (Lipinski definition) is 1. The second-order valence-corrected chi connectivity index (χ2v) is 11.0. The quantitative estimate of drug-likeness (QED) is 0.140. The average molecular weight is 661 g/mol. The Labute approximate surface area is 252 Å². The molecule has 0 aromatic heterocycles. The van der Waals surface area contributed by atoms with E-state index in [1.165, 1.54) is 24.3 Å². The van der Waals surface area contributed by atoms with Gasteiger partial charge in [0.05, 0.1) is 27.5 Å². The Hall–Kier alpha value is -3.87. The van der Waals surface area contributed by atoms with Crippen molar-refractivity contribution in [2.75, 3.05) is 18.5 Å². The number of imide groups is 1. The normalized spacial score (nSPS) is 14.0. The molecule has 212 valence electrons. The van der Waals surface area contributed by atoms with E-state index in [0.717, 1.165) is 22.2 Å². The summed E-state index contributed by atoms with van der Waals surface area (Å²) in [6.45, 7) is 3.40. The van der Waals surface area contributed by atoms with Crippen molar-refractivity contribution in [3.8, 4) is 11.5 Å². The molecule has 3 aromatic carbocycles. The molecule has 0 bridgehead atoms. The molecule has 10 nitrogen and oxygen atoms in total. The molecule has 0 atom stereocenters. The average Bonchev–Trinajstić information content (AvgIpc) is 3.18. The summed E-state index contributed by atoms with van der Waals surface area (Å²) in [5.41, 5.74) is 2.02. The van der Waals surface area contributed by atoms with Gasteiger partial charge in [0.25, 0.3) is 22.7 Å². The van der Waals surface area contributed by atoms with Gasteiger partial charge in [-0.25, -0.2) is 0 Å². The van der Waals surface area contributed by atoms with Crippen LogP contribution < -0.4 is 14.8 Å². The third-order valence-corrected chi connectivity index (χ3v) is 7.73. The Morgan fingerprint density at radius 1 is 1.17 bits per heavy atom. The molecule has 0 aliphatic carbocycles. The molecule has 0 spiro atoms. The fourth-order valence-corrected chi connectivity index (χ4v) is 5.45. The zero-order chi connectivity index (χ0) is 29.7. The maximum Gasteiger partial charge on any atom is 0.293 e. The molecule has 1 heterocycles. The molecule has 1 fully saturated rings. The Balaban J connectivity index is 1.50. The van der Waals surface area contributed by atoms with Gasteiger partial charge >= 0.3 is 0 Å². The number of amides is 3. The maximum atomic E-state index is 13.1. The lowest BCUT2D eigenvalue weighted by molar-refractivity contribution is -0.385. The summed E-state index contributed by atoms with van der Waals surface area (Å²) in [5.74, 6) is -0.375. The molecule has 41 heavy (non-hydrogen) atoms. The first kappa shape index (κ1) is 30.1. The Morgan fingerprint density at radius 3 is 2.63 bits per heavy atom. The summed E-state index contributed by atoms with van der Waals surface area (Å²) in [4.78, 5) is 50.1. The highest BCUT2D eigenvalue weighted by Gasteiger charge is 2.36. The Morgan fingerprint density at radius 2 is 1.93 bits per heavy atom. The van der Waals surface area contributed by atoms with E-state index < -0.39 is 22.0 Å². The second kappa shape index (κ2) is 13.2. The number of halogens is 2. The van der Waals surface area contributed by atoms with Crippen molar-refractivity contribution in [2.45, 2.75) is 20.4 Å². The van der Waals surface area contributed by atoms with Gasteiger partial charge in [-0.05, 0) is 83.0 Å². The number of rotatable bonds is 10. The monoisotopic (exact) mass is 659 g/mol. The lowest BCUT2D eigenvalue weighted by Gasteiger charge is -2.15. The third kappa shape index (κ3) is 7.26. The molecule has 3 amide bonds. The summed E-state index contributed by atoms with van der Waals surface area (Å²) in [7, 11) is 0. The molecule has 0 saturated carbocycles. The summed E-state index contributed by atoms with van der Waals surface area (Å²) < 4.78 is 11.9. The van der Waals surface area contributed by atoms with Gasteiger partial charge in [-0.15, -0.1) is 0 Å². The number of carbonyl (C=O) groups is 3. The molecular weight excluding hydrogens is 638 g/mol. The number of nitrogens with one attached hydrogen (secondary N) is 1. The first-order chi connectivity index (χ1) is 19.6. The van der Waals surface area contributed by atoms with Gasteiger partial charge in [0.15, 0.2) is 18.1 Å². The summed E-state index contributed by atoms with van der Waals surface area (Å²) in [5, 5.41) is 14.1. The van der Waals surface area contributed by atoms with Gasteiger partial charge in [-0.2, -0.15) is 0 Å². The van der Waals surface area contributed by atoms with Crippen LogP contribution in [0.5, 0.6) is 11.5 Å². The van der Waals surface area contributed by atoms with Gasteiger partial charge in [0.2, 0.25) is 0 Å². The van der Waals surface area contributed by atoms with Gasteiger partial charge in [-0.1, -0.05) is 35.9 Å². The topological polar surface area (TPSA) is 128 Å². The number of nitro benzene ring substituents is 1. The van der Waals surface area contributed by atoms with Crippen LogP contribution in [0.4, 0.5) is 16.2 Å². The molecule has 1 aliphatic heterocycles. The SMILES string of the molecule is CCOc1cc(/C=C2\SC(=O)N(Cc3ccccc3[N+](=O)[O-])C2=O)cc(Br)c1OCC(=O)Nc1ccc(C)c(Cl)c1. The minimum absolute atomic E-state index is 0.146. The van der Waals surface area contributed by atoms with E-state index in [9.17, 15) is 24.5 Å². The lowest BCUT2D eigenvalue weighted by Crippen LogP contribution is -2.27. The Kier molecular flexibility index (Phi) is 9.69. The first-order valence-corrected chi connectivity index (χ1v) is 14.2. The van der Waals surface area contributed by atoms with E-state index in [0.29, 0.717) is 33.1 Å². The zero-order valence-corrected chi connectivity index (χ0v) is 25.0. The highest BCUT2D eigenvalue weighted by molar-refractivity contribution is 9.10. The van der Waals surface area contributed by atoms with Crippen LogP contribution in [0.2, 0.25) is 5.02 Å². The fraction of sp³-hybridized carbons (Fsp3) is 0.179. The fourth-order valence-electron chi connectivity index (χ4n) is 3.86.